The fraction of sp³-hybridized carbons (Fsp3) is 0.350. The van der Waals surface area contributed by atoms with Crippen LogP contribution in [0.2, 0.25) is 0 Å². The Kier molecular flexibility index (Phi) is 5.01. The lowest BCUT2D eigenvalue weighted by molar-refractivity contribution is -0.143. The number of fused-ring (bicyclic) bond motifs is 2. The van der Waals surface area contributed by atoms with E-state index in [1.807, 2.05) is 4.90 Å². The molecule has 1 unspecified atom stereocenters. The molecule has 2 aliphatic rings. The quantitative estimate of drug-likeness (QED) is 0.671. The maximum Gasteiger partial charge on any atom is 0.416 e. The largest absolute Gasteiger partial charge is 0.416 e. The van der Waals surface area contributed by atoms with Crippen LogP contribution in [-0.4, -0.2) is 36.5 Å². The van der Waals surface area contributed by atoms with Crippen LogP contribution < -0.4 is 10.6 Å². The van der Waals surface area contributed by atoms with Crippen LogP contribution in [0.4, 0.5) is 32.0 Å². The van der Waals surface area contributed by atoms with Crippen molar-refractivity contribution in [3.05, 3.63) is 53.1 Å². The fourth-order valence-electron chi connectivity index (χ4n) is 3.78. The molecule has 0 aromatic heterocycles. The molecule has 1 fully saturated rings. The van der Waals surface area contributed by atoms with Gasteiger partial charge in [0.15, 0.2) is 0 Å². The van der Waals surface area contributed by atoms with Crippen LogP contribution in [-0.2, 0) is 23.7 Å². The molecule has 10 heteroatoms. The van der Waals surface area contributed by atoms with Crippen molar-refractivity contribution in [1.82, 2.24) is 10.2 Å². The van der Waals surface area contributed by atoms with Crippen LogP contribution in [0.1, 0.15) is 16.7 Å². The van der Waals surface area contributed by atoms with Gasteiger partial charge in [-0.25, -0.2) is 0 Å². The normalized spacial score (nSPS) is 20.2. The molecule has 0 aliphatic carbocycles. The number of halogens is 6. The van der Waals surface area contributed by atoms with Crippen molar-refractivity contribution in [2.75, 3.05) is 25.0 Å². The summed E-state index contributed by atoms with van der Waals surface area (Å²) in [4.78, 5) is 14.4. The zero-order valence-corrected chi connectivity index (χ0v) is 15.5. The molecule has 2 N–H and O–H groups in total. The third-order valence-corrected chi connectivity index (χ3v) is 5.31. The molecule has 2 aliphatic heterocycles. The average molecular weight is 429 g/mol. The highest BCUT2D eigenvalue weighted by Gasteiger charge is 2.37. The fourth-order valence-corrected chi connectivity index (χ4v) is 3.78. The molecular weight excluding hydrogens is 412 g/mol. The van der Waals surface area contributed by atoms with Crippen LogP contribution in [0.15, 0.2) is 36.4 Å². The number of piperazine rings is 1. The van der Waals surface area contributed by atoms with Crippen LogP contribution >= 0.6 is 0 Å². The van der Waals surface area contributed by atoms with Crippen molar-refractivity contribution in [1.29, 1.82) is 0 Å². The van der Waals surface area contributed by atoms with Crippen molar-refractivity contribution >= 4 is 11.6 Å². The van der Waals surface area contributed by atoms with Crippen molar-refractivity contribution in [2.45, 2.75) is 24.9 Å². The maximum absolute atomic E-state index is 13.2. The van der Waals surface area contributed by atoms with E-state index in [0.29, 0.717) is 49.6 Å². The number of alkyl halides is 6. The highest BCUT2D eigenvalue weighted by Crippen LogP contribution is 2.39. The Bertz CT molecular complexity index is 953. The number of benzene rings is 2. The molecule has 4 nitrogen and oxygen atoms in total. The van der Waals surface area contributed by atoms with E-state index in [2.05, 4.69) is 10.6 Å². The third-order valence-electron chi connectivity index (χ3n) is 5.31. The predicted octanol–water partition coefficient (Wildman–Crippen LogP) is 4.12. The first-order valence-electron chi connectivity index (χ1n) is 9.21. The van der Waals surface area contributed by atoms with Crippen LogP contribution in [0.3, 0.4) is 0 Å². The van der Waals surface area contributed by atoms with Crippen molar-refractivity contribution in [3.8, 4) is 11.1 Å². The molecule has 0 radical (unpaired) electrons. The Balaban J connectivity index is 1.78. The highest BCUT2D eigenvalue weighted by molar-refractivity contribution is 5.96. The van der Waals surface area contributed by atoms with E-state index in [4.69, 9.17) is 0 Å². The Morgan fingerprint density at radius 1 is 0.900 bits per heavy atom. The monoisotopic (exact) mass is 429 g/mol. The number of amides is 1. The van der Waals surface area contributed by atoms with Gasteiger partial charge >= 0.3 is 12.4 Å². The lowest BCUT2D eigenvalue weighted by atomic mass is 9.97. The molecule has 4 rings (SSSR count). The lowest BCUT2D eigenvalue weighted by Gasteiger charge is -2.32. The molecule has 2 aromatic rings. The van der Waals surface area contributed by atoms with E-state index in [1.54, 1.807) is 0 Å². The standard InChI is InChI=1S/C20H17F6N3O/c21-19(22,23)14-6-12(7-15(8-14)20(24,25)26)11-1-2-16-13(5-11)10-29-4-3-27-9-17(29)18(30)28-16/h1-2,5-8,17,27H,3-4,9-10H2,(H,28,30). The van der Waals surface area contributed by atoms with Gasteiger partial charge in [-0.05, 0) is 47.0 Å². The summed E-state index contributed by atoms with van der Waals surface area (Å²) < 4.78 is 79.1. The van der Waals surface area contributed by atoms with Crippen LogP contribution in [0.5, 0.6) is 0 Å². The number of hydrogen-bond acceptors (Lipinski definition) is 3. The van der Waals surface area contributed by atoms with Gasteiger partial charge in [0.05, 0.1) is 11.1 Å². The number of nitrogens with zero attached hydrogens (tertiary/aromatic N) is 1. The van der Waals surface area contributed by atoms with Crippen LogP contribution in [0, 0.1) is 0 Å². The third kappa shape index (κ3) is 4.01. The lowest BCUT2D eigenvalue weighted by Crippen LogP contribution is -2.54. The Labute approximate surface area is 167 Å². The first kappa shape index (κ1) is 20.7. The van der Waals surface area contributed by atoms with E-state index in [9.17, 15) is 31.1 Å². The number of rotatable bonds is 1. The second-order valence-electron chi connectivity index (χ2n) is 7.35. The molecule has 1 atom stereocenters. The molecule has 2 heterocycles. The van der Waals surface area contributed by atoms with Gasteiger partial charge < -0.3 is 10.6 Å². The molecule has 0 spiro atoms. The smallest absolute Gasteiger partial charge is 0.324 e. The van der Waals surface area contributed by atoms with Gasteiger partial charge in [0.25, 0.3) is 0 Å². The summed E-state index contributed by atoms with van der Waals surface area (Å²) in [5, 5.41) is 5.92. The summed E-state index contributed by atoms with van der Waals surface area (Å²) in [6, 6.07) is 5.60. The van der Waals surface area contributed by atoms with Gasteiger partial charge in [-0.3, -0.25) is 9.69 Å². The second kappa shape index (κ2) is 7.28. The summed E-state index contributed by atoms with van der Waals surface area (Å²) in [5.41, 5.74) is -1.56. The first-order valence-corrected chi connectivity index (χ1v) is 9.21. The Hall–Kier alpha value is -2.59. The molecule has 30 heavy (non-hydrogen) atoms. The number of carbonyl (C=O) groups excluding carboxylic acids is 1. The van der Waals surface area contributed by atoms with E-state index >= 15 is 0 Å². The molecule has 0 bridgehead atoms. The Morgan fingerprint density at radius 2 is 1.57 bits per heavy atom. The summed E-state index contributed by atoms with van der Waals surface area (Å²) in [6.07, 6.45) is -9.83. The average Bonchev–Trinajstić information content (AvgIpc) is 2.81. The minimum Gasteiger partial charge on any atom is -0.324 e. The van der Waals surface area contributed by atoms with Crippen molar-refractivity contribution in [3.63, 3.8) is 0 Å². The molecular formula is C20H17F6N3O. The Morgan fingerprint density at radius 3 is 2.20 bits per heavy atom. The summed E-state index contributed by atoms with van der Waals surface area (Å²) in [7, 11) is 0. The van der Waals surface area contributed by atoms with E-state index in [-0.39, 0.29) is 29.1 Å². The van der Waals surface area contributed by atoms with E-state index < -0.39 is 23.5 Å². The number of carbonyl (C=O) groups is 1. The van der Waals surface area contributed by atoms with Crippen LogP contribution in [0.25, 0.3) is 11.1 Å². The summed E-state index contributed by atoms with van der Waals surface area (Å²) in [5.74, 6) is -0.202. The first-order chi connectivity index (χ1) is 14.0. The molecule has 2 aromatic carbocycles. The SMILES string of the molecule is O=C1Nc2ccc(-c3cc(C(F)(F)F)cc(C(F)(F)F)c3)cc2CN2CCNCC12. The maximum atomic E-state index is 13.2. The number of hydrogen-bond donors (Lipinski definition) is 2. The van der Waals surface area contributed by atoms with Gasteiger partial charge in [-0.1, -0.05) is 6.07 Å². The zero-order valence-electron chi connectivity index (χ0n) is 15.5. The van der Waals surface area contributed by atoms with Gasteiger partial charge in [-0.2, -0.15) is 26.3 Å². The van der Waals surface area contributed by atoms with Crippen molar-refractivity contribution in [2.24, 2.45) is 0 Å². The van der Waals surface area contributed by atoms with Gasteiger partial charge in [0.1, 0.15) is 6.04 Å². The molecule has 160 valence electrons. The summed E-state index contributed by atoms with van der Waals surface area (Å²) in [6.45, 7) is 2.11. The number of anilines is 1. The van der Waals surface area contributed by atoms with Gasteiger partial charge in [0.2, 0.25) is 5.91 Å². The van der Waals surface area contributed by atoms with E-state index in [0.717, 1.165) is 0 Å². The van der Waals surface area contributed by atoms with Gasteiger partial charge in [-0.15, -0.1) is 0 Å². The second-order valence-corrected chi connectivity index (χ2v) is 7.35. The highest BCUT2D eigenvalue weighted by atomic mass is 19.4. The topological polar surface area (TPSA) is 44.4 Å². The zero-order chi connectivity index (χ0) is 21.7. The van der Waals surface area contributed by atoms with E-state index in [1.165, 1.54) is 18.2 Å². The van der Waals surface area contributed by atoms with Crippen molar-refractivity contribution < 1.29 is 31.1 Å². The minimum atomic E-state index is -4.91. The number of nitrogens with one attached hydrogen (secondary N) is 2. The molecule has 1 saturated heterocycles. The van der Waals surface area contributed by atoms with Gasteiger partial charge in [0, 0.05) is 31.9 Å². The predicted molar refractivity (Wildman–Crippen MR) is 97.6 cm³/mol. The minimum absolute atomic E-state index is 0.110. The molecule has 1 amide bonds. The summed E-state index contributed by atoms with van der Waals surface area (Å²) >= 11 is 0. The molecule has 0 saturated carbocycles.